The van der Waals surface area contributed by atoms with E-state index >= 15 is 0 Å². The smallest absolute Gasteiger partial charge is 0.290 e. The van der Waals surface area contributed by atoms with Gasteiger partial charge in [-0.2, -0.15) is 9.97 Å². The Balaban J connectivity index is 0.00000128. The van der Waals surface area contributed by atoms with E-state index in [0.717, 1.165) is 18.4 Å². The number of imidazole rings is 1. The molecular formula is C29H37N7O8S. The van der Waals surface area contributed by atoms with Crippen LogP contribution >= 0.6 is 0 Å². The summed E-state index contributed by atoms with van der Waals surface area (Å²) >= 11 is 0. The Morgan fingerprint density at radius 3 is 2.56 bits per heavy atom. The maximum absolute atomic E-state index is 11.9. The second-order valence-electron chi connectivity index (χ2n) is 10.7. The van der Waals surface area contributed by atoms with Crippen molar-refractivity contribution in [2.24, 2.45) is 0 Å². The highest BCUT2D eigenvalue weighted by Crippen LogP contribution is 2.40. The third-order valence-electron chi connectivity index (χ3n) is 7.84. The molecular weight excluding hydrogens is 606 g/mol. The molecule has 45 heavy (non-hydrogen) atoms. The summed E-state index contributed by atoms with van der Waals surface area (Å²) in [6.07, 6.45) is -0.274. The van der Waals surface area contributed by atoms with Gasteiger partial charge in [0.15, 0.2) is 29.0 Å². The number of rotatable bonds is 10. The maximum Gasteiger partial charge on any atom is 0.290 e. The molecule has 6 rings (SSSR count). The lowest BCUT2D eigenvalue weighted by Gasteiger charge is -2.25. The van der Waals surface area contributed by atoms with Crippen molar-refractivity contribution >= 4 is 40.2 Å². The summed E-state index contributed by atoms with van der Waals surface area (Å²) in [6, 6.07) is 11.7. The van der Waals surface area contributed by atoms with Gasteiger partial charge in [-0.05, 0) is 31.2 Å². The van der Waals surface area contributed by atoms with Gasteiger partial charge in [-0.15, -0.1) is 0 Å². The second-order valence-corrected chi connectivity index (χ2v) is 12.4. The van der Waals surface area contributed by atoms with E-state index in [1.807, 2.05) is 37.3 Å². The Hall–Kier alpha value is -3.96. The van der Waals surface area contributed by atoms with Gasteiger partial charge in [0.1, 0.15) is 25.0 Å². The molecule has 3 aromatic heterocycles. The molecule has 4 atom stereocenters. The van der Waals surface area contributed by atoms with Crippen LogP contribution in [-0.2, 0) is 33.2 Å². The number of aromatic nitrogens is 5. The summed E-state index contributed by atoms with van der Waals surface area (Å²) in [4.78, 5) is 24.1. The summed E-state index contributed by atoms with van der Waals surface area (Å²) in [6.45, 7) is 1.83. The van der Waals surface area contributed by atoms with E-state index in [0.29, 0.717) is 59.3 Å². The first-order chi connectivity index (χ1) is 21.9. The normalized spacial score (nSPS) is 24.6. The molecule has 15 nitrogen and oxygen atoms in total. The van der Waals surface area contributed by atoms with Crippen LogP contribution in [-0.4, -0.2) is 98.8 Å². The first kappa shape index (κ1) is 32.4. The molecule has 0 unspecified atom stereocenters. The van der Waals surface area contributed by atoms with Crippen molar-refractivity contribution in [3.8, 4) is 0 Å². The number of nitrogens with zero attached hydrogens (tertiary/aromatic N) is 6. The fraction of sp³-hybridized carbons (Fsp3) is 0.483. The molecule has 5 N–H and O–H groups in total. The largest absolute Gasteiger partial charge is 0.483 e. The van der Waals surface area contributed by atoms with Gasteiger partial charge >= 0.3 is 0 Å². The van der Waals surface area contributed by atoms with E-state index in [1.54, 1.807) is 15.5 Å². The van der Waals surface area contributed by atoms with Gasteiger partial charge in [-0.1, -0.05) is 42.4 Å². The van der Waals surface area contributed by atoms with E-state index in [-0.39, 0.29) is 25.2 Å². The molecule has 2 aliphatic rings. The van der Waals surface area contributed by atoms with Gasteiger partial charge in [0.25, 0.3) is 6.47 Å². The molecule has 2 aliphatic heterocycles. The number of carbonyl (C=O) groups is 1. The molecule has 4 aromatic rings. The summed E-state index contributed by atoms with van der Waals surface area (Å²) in [5.74, 6) is 2.28. The van der Waals surface area contributed by atoms with E-state index in [9.17, 15) is 19.5 Å². The number of aliphatic hydroxyl groups is 3. The summed E-state index contributed by atoms with van der Waals surface area (Å²) in [5, 5.41) is 46.6. The SMILES string of the molecule is CCc1cc([C@H]2O[C@@H](n3cnc4c(NC5CCS(=O)CC5)nc(N(CO)CCc5ccccc5)nc43)[C@H](O)[C@@H]2O)on1.O=CO. The lowest BCUT2D eigenvalue weighted by Crippen LogP contribution is -2.32. The number of fused-ring (bicyclic) bond motifs is 1. The monoisotopic (exact) mass is 643 g/mol. The molecule has 0 bridgehead atoms. The lowest BCUT2D eigenvalue weighted by atomic mass is 10.1. The van der Waals surface area contributed by atoms with Crippen molar-refractivity contribution in [2.45, 2.75) is 63.2 Å². The van der Waals surface area contributed by atoms with Crippen molar-refractivity contribution in [3.05, 3.63) is 59.7 Å². The number of aryl methyl sites for hydroxylation is 1. The molecule has 2 fully saturated rings. The molecule has 1 aromatic carbocycles. The van der Waals surface area contributed by atoms with Crippen LogP contribution in [0.1, 0.15) is 49.1 Å². The fourth-order valence-electron chi connectivity index (χ4n) is 5.36. The van der Waals surface area contributed by atoms with E-state index in [1.165, 1.54) is 6.33 Å². The molecule has 0 saturated carbocycles. The summed E-state index contributed by atoms with van der Waals surface area (Å²) < 4.78 is 25.0. The Labute approximate surface area is 261 Å². The topological polar surface area (TPSA) is 209 Å². The third kappa shape index (κ3) is 7.31. The first-order valence-corrected chi connectivity index (χ1v) is 16.2. The van der Waals surface area contributed by atoms with E-state index in [2.05, 4.69) is 15.5 Å². The standard InChI is InChI=1S/C28H35N7O6S.CH2O2/c1-2-18-14-20(41-33-18)24-22(37)23(38)27(40-24)35-15-29-21-25(30-19-9-12-42(39)13-10-19)31-28(32-26(21)35)34(16-36)11-8-17-6-4-3-5-7-17;2-1-3/h3-7,14-15,19,22-24,27,36-38H,2,8-13,16H2,1H3,(H,30,31,32);1H,(H,2,3)/t19?,22-,23+,24+,27+,42?;/m0./s1. The minimum absolute atomic E-state index is 0.0458. The number of hydrogen-bond acceptors (Lipinski definition) is 13. The number of hydrogen-bond donors (Lipinski definition) is 5. The number of anilines is 2. The zero-order valence-corrected chi connectivity index (χ0v) is 25.5. The van der Waals surface area contributed by atoms with Crippen LogP contribution in [0.4, 0.5) is 11.8 Å². The molecule has 0 aliphatic carbocycles. The molecule has 16 heteroatoms. The predicted octanol–water partition coefficient (Wildman–Crippen LogP) is 1.39. The molecule has 0 amide bonds. The van der Waals surface area contributed by atoms with Crippen molar-refractivity contribution in [1.29, 1.82) is 0 Å². The maximum atomic E-state index is 11.9. The number of benzene rings is 1. The molecule has 5 heterocycles. The average molecular weight is 644 g/mol. The quantitative estimate of drug-likeness (QED) is 0.122. The first-order valence-electron chi connectivity index (χ1n) is 14.7. The molecule has 0 radical (unpaired) electrons. The molecule has 0 spiro atoms. The lowest BCUT2D eigenvalue weighted by molar-refractivity contribution is -0.122. The van der Waals surface area contributed by atoms with Gasteiger partial charge in [-0.25, -0.2) is 4.98 Å². The minimum Gasteiger partial charge on any atom is -0.483 e. The number of nitrogens with one attached hydrogen (secondary N) is 1. The average Bonchev–Trinajstić information content (AvgIpc) is 3.77. The highest BCUT2D eigenvalue weighted by molar-refractivity contribution is 7.85. The van der Waals surface area contributed by atoms with Crippen molar-refractivity contribution in [1.82, 2.24) is 24.7 Å². The Bertz CT molecular complexity index is 1580. The van der Waals surface area contributed by atoms with Gasteiger partial charge in [0.2, 0.25) is 5.95 Å². The van der Waals surface area contributed by atoms with Crippen molar-refractivity contribution in [3.63, 3.8) is 0 Å². The predicted molar refractivity (Wildman–Crippen MR) is 164 cm³/mol. The van der Waals surface area contributed by atoms with Gasteiger partial charge in [0, 0.05) is 41.0 Å². The summed E-state index contributed by atoms with van der Waals surface area (Å²) in [5.41, 5.74) is 2.64. The number of carboxylic acid groups (broad SMARTS) is 1. The zero-order chi connectivity index (χ0) is 31.9. The van der Waals surface area contributed by atoms with Crippen LogP contribution < -0.4 is 10.2 Å². The second kappa shape index (κ2) is 14.9. The minimum atomic E-state index is -1.31. The van der Waals surface area contributed by atoms with Crippen LogP contribution in [0.3, 0.4) is 0 Å². The van der Waals surface area contributed by atoms with E-state index < -0.39 is 35.3 Å². The van der Waals surface area contributed by atoms with Gasteiger partial charge in [0.05, 0.1) is 12.0 Å². The number of aliphatic hydroxyl groups excluding tert-OH is 3. The third-order valence-corrected chi connectivity index (χ3v) is 9.22. The highest BCUT2D eigenvalue weighted by atomic mass is 32.2. The van der Waals surface area contributed by atoms with Crippen LogP contribution in [0.5, 0.6) is 0 Å². The Morgan fingerprint density at radius 2 is 1.89 bits per heavy atom. The fourth-order valence-corrected chi connectivity index (χ4v) is 6.66. The van der Waals surface area contributed by atoms with Gasteiger partial charge < -0.3 is 39.9 Å². The molecule has 2 saturated heterocycles. The van der Waals surface area contributed by atoms with Crippen molar-refractivity contribution in [2.75, 3.05) is 35.0 Å². The van der Waals surface area contributed by atoms with Crippen LogP contribution in [0, 0.1) is 0 Å². The number of ether oxygens (including phenoxy) is 1. The highest BCUT2D eigenvalue weighted by Gasteiger charge is 2.47. The van der Waals surface area contributed by atoms with Crippen molar-refractivity contribution < 1.29 is 38.7 Å². The Kier molecular flexibility index (Phi) is 10.7. The summed E-state index contributed by atoms with van der Waals surface area (Å²) in [7, 11) is -0.818. The van der Waals surface area contributed by atoms with E-state index in [4.69, 9.17) is 29.1 Å². The van der Waals surface area contributed by atoms with Crippen LogP contribution in [0.25, 0.3) is 11.2 Å². The Morgan fingerprint density at radius 1 is 1.16 bits per heavy atom. The van der Waals surface area contributed by atoms with Gasteiger partial charge in [-0.3, -0.25) is 13.6 Å². The zero-order valence-electron chi connectivity index (χ0n) is 24.7. The molecule has 242 valence electrons. The van der Waals surface area contributed by atoms with Crippen LogP contribution in [0.15, 0.2) is 47.2 Å². The van der Waals surface area contributed by atoms with Crippen LogP contribution in [0.2, 0.25) is 0 Å².